The maximum absolute atomic E-state index is 13.1. The first-order valence-corrected chi connectivity index (χ1v) is 11.0. The number of hydrogen-bond acceptors (Lipinski definition) is 5. The predicted octanol–water partition coefficient (Wildman–Crippen LogP) is 4.24. The lowest BCUT2D eigenvalue weighted by molar-refractivity contribution is 0.142. The quantitative estimate of drug-likeness (QED) is 0.563. The van der Waals surface area contributed by atoms with Gasteiger partial charge >= 0.3 is 0 Å². The Morgan fingerprint density at radius 3 is 2.42 bits per heavy atom. The summed E-state index contributed by atoms with van der Waals surface area (Å²) in [6.45, 7) is 5.09. The molecule has 2 aromatic carbocycles. The van der Waals surface area contributed by atoms with Crippen molar-refractivity contribution in [2.75, 3.05) is 54.6 Å². The molecular weight excluding hydrogens is 395 g/mol. The minimum Gasteiger partial charge on any atom is -0.493 e. The smallest absolute Gasteiger partial charge is 0.203 e. The van der Waals surface area contributed by atoms with E-state index in [-0.39, 0.29) is 5.82 Å². The number of rotatable bonds is 10. The molecule has 3 rings (SSSR count). The van der Waals surface area contributed by atoms with E-state index in [1.54, 1.807) is 33.5 Å². The fourth-order valence-electron chi connectivity index (χ4n) is 4.53. The van der Waals surface area contributed by atoms with Crippen molar-refractivity contribution >= 4 is 0 Å². The van der Waals surface area contributed by atoms with Crippen molar-refractivity contribution in [2.24, 2.45) is 5.92 Å². The summed E-state index contributed by atoms with van der Waals surface area (Å²) >= 11 is 0. The lowest BCUT2D eigenvalue weighted by atomic mass is 9.96. The van der Waals surface area contributed by atoms with Crippen molar-refractivity contribution in [3.63, 3.8) is 0 Å². The first-order chi connectivity index (χ1) is 15.0. The third-order valence-corrected chi connectivity index (χ3v) is 6.03. The van der Waals surface area contributed by atoms with E-state index in [9.17, 15) is 4.39 Å². The van der Waals surface area contributed by atoms with Crippen LogP contribution in [0.1, 0.15) is 24.0 Å². The van der Waals surface area contributed by atoms with Gasteiger partial charge in [-0.3, -0.25) is 0 Å². The fourth-order valence-corrected chi connectivity index (χ4v) is 4.53. The molecule has 0 aromatic heterocycles. The minimum absolute atomic E-state index is 0.170. The molecule has 2 aromatic rings. The van der Waals surface area contributed by atoms with Gasteiger partial charge in [-0.15, -0.1) is 0 Å². The molecule has 1 atom stereocenters. The molecule has 5 nitrogen and oxygen atoms in total. The molecule has 1 heterocycles. The van der Waals surface area contributed by atoms with Crippen LogP contribution in [0.5, 0.6) is 17.2 Å². The van der Waals surface area contributed by atoms with Crippen LogP contribution in [0.25, 0.3) is 0 Å². The SMILES string of the molecule is COc1ccc(CN(C)C[C@@H]2CCCN(CCc3ccc(F)cc3)C2)c(OC)c1OC. The Kier molecular flexibility index (Phi) is 8.55. The van der Waals surface area contributed by atoms with Crippen molar-refractivity contribution in [3.05, 3.63) is 53.3 Å². The molecule has 0 aliphatic carbocycles. The van der Waals surface area contributed by atoms with E-state index in [1.807, 2.05) is 24.3 Å². The second kappa shape index (κ2) is 11.3. The largest absolute Gasteiger partial charge is 0.493 e. The number of methoxy groups -OCH3 is 3. The number of ether oxygens (including phenoxy) is 3. The molecule has 6 heteroatoms. The Balaban J connectivity index is 1.54. The molecule has 0 bridgehead atoms. The predicted molar refractivity (Wildman–Crippen MR) is 122 cm³/mol. The highest BCUT2D eigenvalue weighted by Crippen LogP contribution is 2.40. The fraction of sp³-hybridized carbons (Fsp3) is 0.520. The van der Waals surface area contributed by atoms with Gasteiger partial charge in [0.05, 0.1) is 21.3 Å². The Labute approximate surface area is 185 Å². The summed E-state index contributed by atoms with van der Waals surface area (Å²) in [6, 6.07) is 10.9. The molecule has 1 aliphatic rings. The molecule has 170 valence electrons. The number of piperidine rings is 1. The van der Waals surface area contributed by atoms with E-state index >= 15 is 0 Å². The molecule has 0 radical (unpaired) electrons. The third-order valence-electron chi connectivity index (χ3n) is 6.03. The van der Waals surface area contributed by atoms with Crippen LogP contribution in [-0.4, -0.2) is 64.4 Å². The average Bonchev–Trinajstić information content (AvgIpc) is 2.78. The molecule has 1 saturated heterocycles. The Morgan fingerprint density at radius 2 is 1.74 bits per heavy atom. The monoisotopic (exact) mass is 430 g/mol. The van der Waals surface area contributed by atoms with E-state index in [0.717, 1.165) is 50.5 Å². The number of nitrogens with zero attached hydrogens (tertiary/aromatic N) is 2. The number of likely N-dealkylation sites (tertiary alicyclic amines) is 1. The normalized spacial score (nSPS) is 17.0. The van der Waals surface area contributed by atoms with Gasteiger partial charge in [-0.2, -0.15) is 0 Å². The van der Waals surface area contributed by atoms with Gasteiger partial charge in [-0.05, 0) is 62.5 Å². The third kappa shape index (κ3) is 6.34. The van der Waals surface area contributed by atoms with Gasteiger partial charge in [0.1, 0.15) is 5.82 Å². The van der Waals surface area contributed by atoms with Gasteiger partial charge in [0, 0.05) is 31.7 Å². The highest BCUT2D eigenvalue weighted by Gasteiger charge is 2.22. The van der Waals surface area contributed by atoms with Crippen molar-refractivity contribution in [1.82, 2.24) is 9.80 Å². The van der Waals surface area contributed by atoms with Gasteiger partial charge in [0.2, 0.25) is 5.75 Å². The molecule has 31 heavy (non-hydrogen) atoms. The van der Waals surface area contributed by atoms with E-state index in [1.165, 1.54) is 18.4 Å². The van der Waals surface area contributed by atoms with Crippen LogP contribution >= 0.6 is 0 Å². The zero-order valence-electron chi connectivity index (χ0n) is 19.2. The lowest BCUT2D eigenvalue weighted by Crippen LogP contribution is -2.40. The van der Waals surface area contributed by atoms with Crippen LogP contribution in [0.4, 0.5) is 4.39 Å². The number of hydrogen-bond donors (Lipinski definition) is 0. The van der Waals surface area contributed by atoms with Crippen molar-refractivity contribution in [2.45, 2.75) is 25.8 Å². The van der Waals surface area contributed by atoms with Crippen molar-refractivity contribution < 1.29 is 18.6 Å². The molecule has 0 saturated carbocycles. The highest BCUT2D eigenvalue weighted by atomic mass is 19.1. The zero-order valence-corrected chi connectivity index (χ0v) is 19.2. The van der Waals surface area contributed by atoms with E-state index < -0.39 is 0 Å². The molecular formula is C25H35FN2O3. The van der Waals surface area contributed by atoms with E-state index in [2.05, 4.69) is 16.8 Å². The van der Waals surface area contributed by atoms with Crippen LogP contribution in [0.3, 0.4) is 0 Å². The van der Waals surface area contributed by atoms with Crippen molar-refractivity contribution in [1.29, 1.82) is 0 Å². The Hall–Kier alpha value is -2.31. The van der Waals surface area contributed by atoms with Gasteiger partial charge < -0.3 is 24.0 Å². The second-order valence-corrected chi connectivity index (χ2v) is 8.38. The number of benzene rings is 2. The summed E-state index contributed by atoms with van der Waals surface area (Å²) in [5.41, 5.74) is 2.29. The highest BCUT2D eigenvalue weighted by molar-refractivity contribution is 5.55. The second-order valence-electron chi connectivity index (χ2n) is 8.38. The van der Waals surface area contributed by atoms with Crippen LogP contribution in [0.2, 0.25) is 0 Å². The lowest BCUT2D eigenvalue weighted by Gasteiger charge is -2.35. The molecule has 0 spiro atoms. The van der Waals surface area contributed by atoms with Gasteiger partial charge in [0.15, 0.2) is 11.5 Å². The van der Waals surface area contributed by atoms with Crippen LogP contribution < -0.4 is 14.2 Å². The van der Waals surface area contributed by atoms with Gasteiger partial charge in [-0.25, -0.2) is 4.39 Å². The minimum atomic E-state index is -0.170. The number of halogens is 1. The van der Waals surface area contributed by atoms with Crippen molar-refractivity contribution in [3.8, 4) is 17.2 Å². The molecule has 1 aliphatic heterocycles. The summed E-state index contributed by atoms with van der Waals surface area (Å²) in [6.07, 6.45) is 3.44. The first kappa shape index (κ1) is 23.4. The molecule has 0 amide bonds. The Bertz CT molecular complexity index is 828. The topological polar surface area (TPSA) is 34.2 Å². The molecule has 1 fully saturated rings. The van der Waals surface area contributed by atoms with Crippen LogP contribution in [-0.2, 0) is 13.0 Å². The zero-order chi connectivity index (χ0) is 22.2. The summed E-state index contributed by atoms with van der Waals surface area (Å²) in [5.74, 6) is 2.52. The summed E-state index contributed by atoms with van der Waals surface area (Å²) in [7, 11) is 7.10. The maximum Gasteiger partial charge on any atom is 0.203 e. The van der Waals surface area contributed by atoms with E-state index in [4.69, 9.17) is 14.2 Å². The van der Waals surface area contributed by atoms with Crippen LogP contribution in [0.15, 0.2) is 36.4 Å². The summed E-state index contributed by atoms with van der Waals surface area (Å²) in [5, 5.41) is 0. The van der Waals surface area contributed by atoms with Crippen LogP contribution in [0, 0.1) is 11.7 Å². The van der Waals surface area contributed by atoms with E-state index in [0.29, 0.717) is 17.4 Å². The first-order valence-electron chi connectivity index (χ1n) is 11.0. The summed E-state index contributed by atoms with van der Waals surface area (Å²) < 4.78 is 29.6. The van der Waals surface area contributed by atoms with Gasteiger partial charge in [-0.1, -0.05) is 18.2 Å². The average molecular weight is 431 g/mol. The molecule has 0 N–H and O–H groups in total. The standard InChI is InChI=1S/C25H35FN2O3/c1-27(18-21-9-12-23(29-2)25(31-4)24(21)30-3)16-20-6-5-14-28(17-20)15-13-19-7-10-22(26)11-8-19/h7-12,20H,5-6,13-18H2,1-4H3/t20-/m0/s1. The maximum atomic E-state index is 13.1. The van der Waals surface area contributed by atoms with Gasteiger partial charge in [0.25, 0.3) is 0 Å². The summed E-state index contributed by atoms with van der Waals surface area (Å²) in [4.78, 5) is 4.90. The molecule has 0 unspecified atom stereocenters. The Morgan fingerprint density at radius 1 is 1.00 bits per heavy atom.